The van der Waals surface area contributed by atoms with Crippen molar-refractivity contribution in [2.24, 2.45) is 11.8 Å². The number of benzene rings is 1. The van der Waals surface area contributed by atoms with Gasteiger partial charge < -0.3 is 9.47 Å². The van der Waals surface area contributed by atoms with Gasteiger partial charge in [-0.2, -0.15) is 0 Å². The van der Waals surface area contributed by atoms with Crippen molar-refractivity contribution in [2.75, 3.05) is 13.7 Å². The lowest BCUT2D eigenvalue weighted by molar-refractivity contribution is 0.0936. The number of aromatic nitrogens is 1. The van der Waals surface area contributed by atoms with Crippen LogP contribution < -0.4 is 9.47 Å². The monoisotopic (exact) mass is 323 g/mol. The van der Waals surface area contributed by atoms with Crippen LogP contribution in [-0.4, -0.2) is 24.5 Å². The molecule has 1 aromatic carbocycles. The Kier molecular flexibility index (Phi) is 3.97. The first kappa shape index (κ1) is 15.2. The number of fused-ring (bicyclic) bond motifs is 1. The van der Waals surface area contributed by atoms with Crippen LogP contribution in [-0.2, 0) is 12.8 Å². The number of hydrogen-bond acceptors (Lipinski definition) is 4. The maximum Gasteiger partial charge on any atom is 0.167 e. The number of methoxy groups -OCH3 is 1. The number of ketones is 1. The van der Waals surface area contributed by atoms with Crippen LogP contribution in [0.2, 0.25) is 0 Å². The molecule has 0 spiro atoms. The van der Waals surface area contributed by atoms with Crippen LogP contribution in [0.3, 0.4) is 0 Å². The molecule has 124 valence electrons. The zero-order chi connectivity index (χ0) is 16.5. The highest BCUT2D eigenvalue weighted by Crippen LogP contribution is 2.39. The second kappa shape index (κ2) is 6.27. The fourth-order valence-electron chi connectivity index (χ4n) is 3.31. The third-order valence-electron chi connectivity index (χ3n) is 4.89. The van der Waals surface area contributed by atoms with Gasteiger partial charge in [0.05, 0.1) is 13.7 Å². The molecule has 0 N–H and O–H groups in total. The lowest BCUT2D eigenvalue weighted by atomic mass is 9.96. The largest absolute Gasteiger partial charge is 0.493 e. The summed E-state index contributed by atoms with van der Waals surface area (Å²) in [5.41, 5.74) is 3.00. The predicted octanol–water partition coefficient (Wildman–Crippen LogP) is 3.48. The van der Waals surface area contributed by atoms with Gasteiger partial charge in [-0.05, 0) is 67.0 Å². The van der Waals surface area contributed by atoms with Crippen molar-refractivity contribution in [1.29, 1.82) is 0 Å². The first-order valence-corrected chi connectivity index (χ1v) is 8.51. The van der Waals surface area contributed by atoms with Gasteiger partial charge in [-0.3, -0.25) is 9.78 Å². The van der Waals surface area contributed by atoms with E-state index < -0.39 is 0 Å². The van der Waals surface area contributed by atoms with Gasteiger partial charge in [-0.1, -0.05) is 0 Å². The summed E-state index contributed by atoms with van der Waals surface area (Å²) in [7, 11) is 1.65. The fourth-order valence-corrected chi connectivity index (χ4v) is 3.31. The highest BCUT2D eigenvalue weighted by Gasteiger charge is 2.32. The standard InChI is InChI=1S/C20H21NO3/c1-23-18-10-15-9-16(8-13-4-6-21-7-5-13)20(22)17(15)11-19(18)24-12-14-2-3-14/h4-7,10-11,14,16H,2-3,8-9,12H2,1H3. The smallest absolute Gasteiger partial charge is 0.167 e. The lowest BCUT2D eigenvalue weighted by Gasteiger charge is -2.12. The molecule has 0 saturated heterocycles. The Labute approximate surface area is 141 Å². The van der Waals surface area contributed by atoms with Crippen molar-refractivity contribution in [1.82, 2.24) is 4.98 Å². The Bertz CT molecular complexity index is 753. The number of Topliss-reactive ketones (excluding diaryl/α,β-unsaturated/α-hetero) is 1. The zero-order valence-corrected chi connectivity index (χ0v) is 13.8. The van der Waals surface area contributed by atoms with Crippen molar-refractivity contribution in [2.45, 2.75) is 25.7 Å². The molecule has 1 saturated carbocycles. The molecule has 1 aromatic heterocycles. The maximum atomic E-state index is 12.8. The number of pyridine rings is 1. The summed E-state index contributed by atoms with van der Waals surface area (Å²) in [5.74, 6) is 2.29. The molecule has 1 fully saturated rings. The third-order valence-corrected chi connectivity index (χ3v) is 4.89. The topological polar surface area (TPSA) is 48.4 Å². The summed E-state index contributed by atoms with van der Waals surface area (Å²) in [6.45, 7) is 0.712. The second-order valence-corrected chi connectivity index (χ2v) is 6.74. The molecule has 4 rings (SSSR count). The van der Waals surface area contributed by atoms with Crippen molar-refractivity contribution in [3.63, 3.8) is 0 Å². The predicted molar refractivity (Wildman–Crippen MR) is 90.7 cm³/mol. The average Bonchev–Trinajstić information content (AvgIpc) is 3.39. The molecule has 24 heavy (non-hydrogen) atoms. The molecule has 1 heterocycles. The van der Waals surface area contributed by atoms with E-state index in [1.54, 1.807) is 19.5 Å². The molecule has 0 aliphatic heterocycles. The van der Waals surface area contributed by atoms with Gasteiger partial charge in [0.15, 0.2) is 17.3 Å². The Morgan fingerprint density at radius 3 is 2.67 bits per heavy atom. The molecular formula is C20H21NO3. The summed E-state index contributed by atoms with van der Waals surface area (Å²) < 4.78 is 11.4. The van der Waals surface area contributed by atoms with Gasteiger partial charge >= 0.3 is 0 Å². The molecule has 1 unspecified atom stereocenters. The van der Waals surface area contributed by atoms with E-state index in [2.05, 4.69) is 4.98 Å². The van der Waals surface area contributed by atoms with Gasteiger partial charge in [-0.25, -0.2) is 0 Å². The second-order valence-electron chi connectivity index (χ2n) is 6.74. The van der Waals surface area contributed by atoms with Crippen molar-refractivity contribution >= 4 is 5.78 Å². The van der Waals surface area contributed by atoms with Gasteiger partial charge in [0.1, 0.15) is 0 Å². The van der Waals surface area contributed by atoms with Crippen molar-refractivity contribution < 1.29 is 14.3 Å². The number of nitrogens with zero attached hydrogens (tertiary/aromatic N) is 1. The van der Waals surface area contributed by atoms with Crippen LogP contribution in [0.1, 0.15) is 34.3 Å². The molecule has 2 aliphatic carbocycles. The van der Waals surface area contributed by atoms with E-state index in [0.29, 0.717) is 18.3 Å². The van der Waals surface area contributed by atoms with Crippen molar-refractivity contribution in [3.05, 3.63) is 53.3 Å². The first-order valence-electron chi connectivity index (χ1n) is 8.51. The van der Waals surface area contributed by atoms with E-state index in [0.717, 1.165) is 35.3 Å². The van der Waals surface area contributed by atoms with Gasteiger partial charge in [0.25, 0.3) is 0 Å². The number of rotatable bonds is 6. The molecule has 0 radical (unpaired) electrons. The minimum Gasteiger partial charge on any atom is -0.493 e. The van der Waals surface area contributed by atoms with Crippen LogP contribution >= 0.6 is 0 Å². The fraction of sp³-hybridized carbons (Fsp3) is 0.400. The third kappa shape index (κ3) is 3.01. The van der Waals surface area contributed by atoms with E-state index in [9.17, 15) is 4.79 Å². The minimum atomic E-state index is -0.00853. The quantitative estimate of drug-likeness (QED) is 0.816. The van der Waals surface area contributed by atoms with Gasteiger partial charge in [0.2, 0.25) is 0 Å². The summed E-state index contributed by atoms with van der Waals surface area (Å²) >= 11 is 0. The normalized spacial score (nSPS) is 19.2. The SMILES string of the molecule is COc1cc2c(cc1OCC1CC1)C(=O)C(Cc1ccncc1)C2. The Balaban J connectivity index is 1.55. The first-order chi connectivity index (χ1) is 11.7. The number of ether oxygens (including phenoxy) is 2. The Morgan fingerprint density at radius 1 is 1.17 bits per heavy atom. The molecule has 1 atom stereocenters. The van der Waals surface area contributed by atoms with Crippen LogP contribution in [0.25, 0.3) is 0 Å². The molecule has 2 aliphatic rings. The number of hydrogen-bond donors (Lipinski definition) is 0. The molecule has 2 aromatic rings. The number of carbonyl (C=O) groups excluding carboxylic acids is 1. The highest BCUT2D eigenvalue weighted by atomic mass is 16.5. The molecule has 0 bridgehead atoms. The van der Waals surface area contributed by atoms with E-state index in [1.165, 1.54) is 12.8 Å². The van der Waals surface area contributed by atoms with Crippen LogP contribution in [0.5, 0.6) is 11.5 Å². The molecule has 4 heteroatoms. The van der Waals surface area contributed by atoms with Gasteiger partial charge in [0, 0.05) is 23.9 Å². The van der Waals surface area contributed by atoms with Gasteiger partial charge in [-0.15, -0.1) is 0 Å². The molecule has 4 nitrogen and oxygen atoms in total. The summed E-state index contributed by atoms with van der Waals surface area (Å²) in [6, 6.07) is 7.80. The van der Waals surface area contributed by atoms with Crippen molar-refractivity contribution in [3.8, 4) is 11.5 Å². The van der Waals surface area contributed by atoms with E-state index in [1.807, 2.05) is 24.3 Å². The number of carbonyl (C=O) groups is 1. The maximum absolute atomic E-state index is 12.8. The molecular weight excluding hydrogens is 302 g/mol. The summed E-state index contributed by atoms with van der Waals surface area (Å²) in [5, 5.41) is 0. The highest BCUT2D eigenvalue weighted by molar-refractivity contribution is 6.03. The minimum absolute atomic E-state index is 0.00853. The Hall–Kier alpha value is -2.36. The summed E-state index contributed by atoms with van der Waals surface area (Å²) in [6.07, 6.45) is 7.52. The lowest BCUT2D eigenvalue weighted by Crippen LogP contribution is -2.12. The van der Waals surface area contributed by atoms with Crippen LogP contribution in [0.15, 0.2) is 36.7 Å². The van der Waals surface area contributed by atoms with E-state index >= 15 is 0 Å². The Morgan fingerprint density at radius 2 is 1.96 bits per heavy atom. The zero-order valence-electron chi connectivity index (χ0n) is 13.8. The molecule has 0 amide bonds. The summed E-state index contributed by atoms with van der Waals surface area (Å²) in [4.78, 5) is 16.8. The van der Waals surface area contributed by atoms with E-state index in [-0.39, 0.29) is 11.7 Å². The van der Waals surface area contributed by atoms with E-state index in [4.69, 9.17) is 9.47 Å². The van der Waals surface area contributed by atoms with Crippen LogP contribution in [0.4, 0.5) is 0 Å². The van der Waals surface area contributed by atoms with Crippen LogP contribution in [0, 0.1) is 11.8 Å². The average molecular weight is 323 g/mol.